The van der Waals surface area contributed by atoms with Crippen LogP contribution in [0.25, 0.3) is 0 Å². The lowest BCUT2D eigenvalue weighted by atomic mass is 9.87. The summed E-state index contributed by atoms with van der Waals surface area (Å²) >= 11 is 1.76. The number of ether oxygens (including phenoxy) is 2. The predicted molar refractivity (Wildman–Crippen MR) is 123 cm³/mol. The SMILES string of the molecule is CC(C)(C)Oc1ccc(Oc2ccc(Sc3ccc(C(C)(C)C)cc3)cc2)cc1. The second kappa shape index (κ2) is 8.54. The van der Waals surface area contributed by atoms with Crippen molar-refractivity contribution in [3.8, 4) is 17.2 Å². The van der Waals surface area contributed by atoms with E-state index in [-0.39, 0.29) is 11.0 Å². The zero-order chi connectivity index (χ0) is 21.1. The first-order valence-electron chi connectivity index (χ1n) is 9.94. The minimum Gasteiger partial charge on any atom is -0.488 e. The molecule has 29 heavy (non-hydrogen) atoms. The molecule has 0 aliphatic heterocycles. The van der Waals surface area contributed by atoms with Gasteiger partial charge in [0.1, 0.15) is 22.8 Å². The summed E-state index contributed by atoms with van der Waals surface area (Å²) in [5.41, 5.74) is 1.33. The lowest BCUT2D eigenvalue weighted by Gasteiger charge is -2.21. The van der Waals surface area contributed by atoms with E-state index < -0.39 is 0 Å². The largest absolute Gasteiger partial charge is 0.488 e. The quantitative estimate of drug-likeness (QED) is 0.426. The Balaban J connectivity index is 1.60. The molecule has 0 heterocycles. The Kier molecular flexibility index (Phi) is 6.28. The Morgan fingerprint density at radius 1 is 0.552 bits per heavy atom. The van der Waals surface area contributed by atoms with Crippen LogP contribution in [0.5, 0.6) is 17.2 Å². The molecule has 3 rings (SSSR count). The van der Waals surface area contributed by atoms with Crippen LogP contribution in [0.1, 0.15) is 47.1 Å². The topological polar surface area (TPSA) is 18.5 Å². The third kappa shape index (κ3) is 6.57. The summed E-state index contributed by atoms with van der Waals surface area (Å²) in [6, 6.07) is 24.7. The molecule has 3 aromatic rings. The summed E-state index contributed by atoms with van der Waals surface area (Å²) < 4.78 is 11.8. The molecule has 0 aliphatic carbocycles. The Hall–Kier alpha value is -2.39. The van der Waals surface area contributed by atoms with E-state index in [2.05, 4.69) is 57.2 Å². The fourth-order valence-corrected chi connectivity index (χ4v) is 3.62. The zero-order valence-corrected chi connectivity index (χ0v) is 19.0. The molecule has 0 fully saturated rings. The smallest absolute Gasteiger partial charge is 0.127 e. The van der Waals surface area contributed by atoms with E-state index in [1.165, 1.54) is 15.4 Å². The standard InChI is InChI=1S/C26H30O2S/c1-25(2,3)19-7-15-23(16-8-19)29-24-17-13-21(14-18-24)27-20-9-11-22(12-10-20)28-26(4,5)6/h7-18H,1-6H3. The Labute approximate surface area is 179 Å². The van der Waals surface area contributed by atoms with Crippen molar-refractivity contribution in [3.63, 3.8) is 0 Å². The number of benzene rings is 3. The monoisotopic (exact) mass is 406 g/mol. The van der Waals surface area contributed by atoms with E-state index in [1.807, 2.05) is 57.2 Å². The molecule has 0 aliphatic rings. The van der Waals surface area contributed by atoms with E-state index >= 15 is 0 Å². The highest BCUT2D eigenvalue weighted by molar-refractivity contribution is 7.99. The fourth-order valence-electron chi connectivity index (χ4n) is 2.80. The maximum absolute atomic E-state index is 5.96. The first-order valence-corrected chi connectivity index (χ1v) is 10.8. The van der Waals surface area contributed by atoms with Gasteiger partial charge >= 0.3 is 0 Å². The molecule has 0 N–H and O–H groups in total. The third-order valence-electron chi connectivity index (χ3n) is 4.26. The molecule has 0 spiro atoms. The van der Waals surface area contributed by atoms with E-state index in [4.69, 9.17) is 9.47 Å². The van der Waals surface area contributed by atoms with E-state index in [1.54, 1.807) is 11.8 Å². The first kappa shape index (κ1) is 21.3. The van der Waals surface area contributed by atoms with Gasteiger partial charge in [-0.05, 0) is 92.4 Å². The number of hydrogen-bond donors (Lipinski definition) is 0. The van der Waals surface area contributed by atoms with Gasteiger partial charge in [0.25, 0.3) is 0 Å². The van der Waals surface area contributed by atoms with Gasteiger partial charge in [0, 0.05) is 9.79 Å². The molecule has 152 valence electrons. The van der Waals surface area contributed by atoms with Gasteiger partial charge in [-0.2, -0.15) is 0 Å². The van der Waals surface area contributed by atoms with Gasteiger partial charge < -0.3 is 9.47 Å². The highest BCUT2D eigenvalue weighted by Gasteiger charge is 2.13. The fraction of sp³-hybridized carbons (Fsp3) is 0.308. The lowest BCUT2D eigenvalue weighted by Crippen LogP contribution is -2.22. The van der Waals surface area contributed by atoms with Crippen molar-refractivity contribution in [3.05, 3.63) is 78.4 Å². The Morgan fingerprint density at radius 2 is 0.966 bits per heavy atom. The van der Waals surface area contributed by atoms with E-state index in [9.17, 15) is 0 Å². The van der Waals surface area contributed by atoms with Crippen molar-refractivity contribution in [2.45, 2.75) is 62.3 Å². The minimum absolute atomic E-state index is 0.180. The molecular formula is C26H30O2S. The third-order valence-corrected chi connectivity index (χ3v) is 5.28. The molecule has 0 bridgehead atoms. The molecule has 0 aromatic heterocycles. The zero-order valence-electron chi connectivity index (χ0n) is 18.2. The van der Waals surface area contributed by atoms with Crippen LogP contribution in [0, 0.1) is 0 Å². The number of hydrogen-bond acceptors (Lipinski definition) is 3. The van der Waals surface area contributed by atoms with Crippen LogP contribution < -0.4 is 9.47 Å². The predicted octanol–water partition coefficient (Wildman–Crippen LogP) is 8.10. The number of rotatable bonds is 5. The first-order chi connectivity index (χ1) is 13.6. The molecule has 2 nitrogen and oxygen atoms in total. The molecule has 0 atom stereocenters. The molecule has 0 unspecified atom stereocenters. The molecule has 3 heteroatoms. The average Bonchev–Trinajstić information content (AvgIpc) is 2.63. The maximum atomic E-state index is 5.96. The minimum atomic E-state index is -0.205. The van der Waals surface area contributed by atoms with Crippen LogP contribution in [0.2, 0.25) is 0 Å². The van der Waals surface area contributed by atoms with Crippen LogP contribution in [-0.2, 0) is 5.41 Å². The summed E-state index contributed by atoms with van der Waals surface area (Å²) in [6.07, 6.45) is 0. The van der Waals surface area contributed by atoms with Crippen molar-refractivity contribution in [1.29, 1.82) is 0 Å². The molecule has 0 saturated heterocycles. The van der Waals surface area contributed by atoms with Crippen molar-refractivity contribution in [2.24, 2.45) is 0 Å². The summed E-state index contributed by atoms with van der Waals surface area (Å²) in [5, 5.41) is 0. The van der Waals surface area contributed by atoms with Crippen LogP contribution in [0.4, 0.5) is 0 Å². The summed E-state index contributed by atoms with van der Waals surface area (Å²) in [4.78, 5) is 2.43. The maximum Gasteiger partial charge on any atom is 0.127 e. The van der Waals surface area contributed by atoms with Gasteiger partial charge in [0.15, 0.2) is 0 Å². The normalized spacial score (nSPS) is 11.9. The highest BCUT2D eigenvalue weighted by Crippen LogP contribution is 2.32. The van der Waals surface area contributed by atoms with Gasteiger partial charge in [-0.3, -0.25) is 0 Å². The molecule has 0 radical (unpaired) electrons. The molecule has 3 aromatic carbocycles. The van der Waals surface area contributed by atoms with Crippen LogP contribution in [-0.4, -0.2) is 5.60 Å². The highest BCUT2D eigenvalue weighted by atomic mass is 32.2. The Bertz CT molecular complexity index is 913. The Morgan fingerprint density at radius 3 is 1.41 bits per heavy atom. The van der Waals surface area contributed by atoms with Crippen LogP contribution in [0.3, 0.4) is 0 Å². The molecular weight excluding hydrogens is 376 g/mol. The van der Waals surface area contributed by atoms with Gasteiger partial charge in [-0.15, -0.1) is 0 Å². The van der Waals surface area contributed by atoms with Crippen molar-refractivity contribution in [1.82, 2.24) is 0 Å². The van der Waals surface area contributed by atoms with Gasteiger partial charge in [0.05, 0.1) is 0 Å². The summed E-state index contributed by atoms with van der Waals surface area (Å²) in [7, 11) is 0. The second-order valence-electron chi connectivity index (χ2n) is 9.14. The van der Waals surface area contributed by atoms with Gasteiger partial charge in [0.2, 0.25) is 0 Å². The summed E-state index contributed by atoms with van der Waals surface area (Å²) in [6.45, 7) is 12.8. The lowest BCUT2D eigenvalue weighted by molar-refractivity contribution is 0.131. The van der Waals surface area contributed by atoms with E-state index in [0.29, 0.717) is 0 Å². The van der Waals surface area contributed by atoms with Gasteiger partial charge in [-0.25, -0.2) is 0 Å². The average molecular weight is 407 g/mol. The van der Waals surface area contributed by atoms with E-state index in [0.717, 1.165) is 17.2 Å². The van der Waals surface area contributed by atoms with Crippen molar-refractivity contribution in [2.75, 3.05) is 0 Å². The van der Waals surface area contributed by atoms with Crippen LogP contribution in [0.15, 0.2) is 82.6 Å². The van der Waals surface area contributed by atoms with Crippen molar-refractivity contribution >= 4 is 11.8 Å². The molecule has 0 amide bonds. The van der Waals surface area contributed by atoms with Gasteiger partial charge in [-0.1, -0.05) is 44.7 Å². The summed E-state index contributed by atoms with van der Waals surface area (Å²) in [5.74, 6) is 2.46. The molecule has 0 saturated carbocycles. The second-order valence-corrected chi connectivity index (χ2v) is 10.3. The van der Waals surface area contributed by atoms with Crippen molar-refractivity contribution < 1.29 is 9.47 Å². The van der Waals surface area contributed by atoms with Crippen LogP contribution >= 0.6 is 11.8 Å².